The van der Waals surface area contributed by atoms with Gasteiger partial charge in [0.25, 0.3) is 11.8 Å². The third-order valence-electron chi connectivity index (χ3n) is 5.06. The molecule has 4 rings (SSSR count). The van der Waals surface area contributed by atoms with Crippen LogP contribution in [0.25, 0.3) is 17.0 Å². The van der Waals surface area contributed by atoms with Gasteiger partial charge in [0.1, 0.15) is 12.1 Å². The van der Waals surface area contributed by atoms with Gasteiger partial charge < -0.3 is 9.88 Å². The molecule has 0 radical (unpaired) electrons. The Balaban J connectivity index is 1.65. The Hall–Kier alpha value is -3.75. The predicted molar refractivity (Wildman–Crippen MR) is 133 cm³/mol. The molecule has 1 fully saturated rings. The van der Waals surface area contributed by atoms with E-state index in [1.807, 2.05) is 24.3 Å². The maximum atomic E-state index is 12.9. The zero-order valence-electron chi connectivity index (χ0n) is 17.4. The van der Waals surface area contributed by atoms with Crippen molar-refractivity contribution in [2.45, 2.75) is 6.54 Å². The minimum absolute atomic E-state index is 0.0408. The SMILES string of the molecule is C=CCN1C(=O)C(=Cc2cn(CC(=O)Nc3ccc(Cl)cc3)c3ccccc23)C(=O)NC1=S. The Morgan fingerprint density at radius 1 is 1.15 bits per heavy atom. The predicted octanol–water partition coefficient (Wildman–Crippen LogP) is 3.75. The summed E-state index contributed by atoms with van der Waals surface area (Å²) in [5, 5.41) is 6.79. The number of nitrogens with one attached hydrogen (secondary N) is 2. The fraction of sp³-hybridized carbons (Fsp3) is 0.0833. The van der Waals surface area contributed by atoms with Crippen molar-refractivity contribution in [2.75, 3.05) is 11.9 Å². The van der Waals surface area contributed by atoms with Gasteiger partial charge in [0.2, 0.25) is 5.91 Å². The first-order chi connectivity index (χ1) is 15.9. The van der Waals surface area contributed by atoms with Gasteiger partial charge in [-0.2, -0.15) is 0 Å². The molecular weight excluding hydrogens is 460 g/mol. The summed E-state index contributed by atoms with van der Waals surface area (Å²) in [7, 11) is 0. The standard InChI is InChI=1S/C24H19ClN4O3S/c1-2-11-29-23(32)19(22(31)27-24(29)33)12-15-13-28(20-6-4-3-5-18(15)20)14-21(30)26-17-9-7-16(25)8-10-17/h2-10,12-13H,1,11,14H2,(H,26,30)(H,27,31,33). The fourth-order valence-corrected chi connectivity index (χ4v) is 3.93. The first-order valence-corrected chi connectivity index (χ1v) is 10.8. The Morgan fingerprint density at radius 3 is 2.61 bits per heavy atom. The number of anilines is 1. The van der Waals surface area contributed by atoms with Crippen LogP contribution in [0.5, 0.6) is 0 Å². The number of halogens is 1. The number of amides is 3. The number of hydrogen-bond donors (Lipinski definition) is 2. The van der Waals surface area contributed by atoms with Crippen LogP contribution in [0.3, 0.4) is 0 Å². The van der Waals surface area contributed by atoms with Crippen molar-refractivity contribution in [1.29, 1.82) is 0 Å². The highest BCUT2D eigenvalue weighted by molar-refractivity contribution is 7.80. The lowest BCUT2D eigenvalue weighted by Crippen LogP contribution is -2.53. The molecule has 7 nitrogen and oxygen atoms in total. The Kier molecular flexibility index (Phi) is 6.39. The Morgan fingerprint density at radius 2 is 1.88 bits per heavy atom. The minimum Gasteiger partial charge on any atom is -0.337 e. The maximum absolute atomic E-state index is 12.9. The summed E-state index contributed by atoms with van der Waals surface area (Å²) in [6.45, 7) is 3.85. The van der Waals surface area contributed by atoms with Crippen molar-refractivity contribution in [3.8, 4) is 0 Å². The van der Waals surface area contributed by atoms with Crippen LogP contribution in [0.15, 0.2) is 73.0 Å². The first-order valence-electron chi connectivity index (χ1n) is 10.0. The molecule has 0 unspecified atom stereocenters. The van der Waals surface area contributed by atoms with Gasteiger partial charge in [-0.3, -0.25) is 24.6 Å². The summed E-state index contributed by atoms with van der Waals surface area (Å²) in [5.74, 6) is -1.30. The highest BCUT2D eigenvalue weighted by Crippen LogP contribution is 2.25. The van der Waals surface area contributed by atoms with Gasteiger partial charge in [0.15, 0.2) is 5.11 Å². The lowest BCUT2D eigenvalue weighted by molar-refractivity contribution is -0.128. The van der Waals surface area contributed by atoms with E-state index in [9.17, 15) is 14.4 Å². The highest BCUT2D eigenvalue weighted by Gasteiger charge is 2.32. The second-order valence-electron chi connectivity index (χ2n) is 7.31. The molecule has 9 heteroatoms. The lowest BCUT2D eigenvalue weighted by atomic mass is 10.1. The van der Waals surface area contributed by atoms with E-state index in [0.29, 0.717) is 16.3 Å². The maximum Gasteiger partial charge on any atom is 0.265 e. The zero-order valence-corrected chi connectivity index (χ0v) is 18.9. The number of carbonyl (C=O) groups excluding carboxylic acids is 3. The van der Waals surface area contributed by atoms with Crippen molar-refractivity contribution in [1.82, 2.24) is 14.8 Å². The number of hydrogen-bond acceptors (Lipinski definition) is 4. The summed E-state index contributed by atoms with van der Waals surface area (Å²) in [6.07, 6.45) is 4.79. The molecule has 1 aliphatic heterocycles. The third kappa shape index (κ3) is 4.72. The molecule has 0 atom stereocenters. The highest BCUT2D eigenvalue weighted by atomic mass is 35.5. The normalized spacial score (nSPS) is 15.1. The van der Waals surface area contributed by atoms with Crippen LogP contribution >= 0.6 is 23.8 Å². The number of nitrogens with zero attached hydrogens (tertiary/aromatic N) is 2. The number of fused-ring (bicyclic) bond motifs is 1. The van der Waals surface area contributed by atoms with Gasteiger partial charge in [-0.05, 0) is 48.6 Å². The molecule has 1 aliphatic rings. The average Bonchev–Trinajstić information content (AvgIpc) is 3.13. The summed E-state index contributed by atoms with van der Waals surface area (Å²) in [5.41, 5.74) is 2.01. The van der Waals surface area contributed by atoms with Gasteiger partial charge in [-0.15, -0.1) is 6.58 Å². The summed E-state index contributed by atoms with van der Waals surface area (Å²) < 4.78 is 1.77. The van der Waals surface area contributed by atoms with Crippen LogP contribution in [0.1, 0.15) is 5.56 Å². The van der Waals surface area contributed by atoms with Gasteiger partial charge in [0.05, 0.1) is 0 Å². The number of para-hydroxylation sites is 1. The van der Waals surface area contributed by atoms with Gasteiger partial charge in [-0.25, -0.2) is 0 Å². The van der Waals surface area contributed by atoms with E-state index in [4.69, 9.17) is 23.8 Å². The quantitative estimate of drug-likeness (QED) is 0.245. The molecule has 0 bridgehead atoms. The van der Waals surface area contributed by atoms with E-state index in [2.05, 4.69) is 17.2 Å². The monoisotopic (exact) mass is 478 g/mol. The molecule has 2 heterocycles. The number of carbonyl (C=O) groups is 3. The molecule has 0 spiro atoms. The first kappa shape index (κ1) is 22.4. The van der Waals surface area contributed by atoms with E-state index in [-0.39, 0.29) is 29.7 Å². The van der Waals surface area contributed by atoms with E-state index in [1.165, 1.54) is 17.1 Å². The van der Waals surface area contributed by atoms with E-state index in [0.717, 1.165) is 10.9 Å². The molecule has 0 saturated carbocycles. The second kappa shape index (κ2) is 9.40. The zero-order chi connectivity index (χ0) is 23.5. The van der Waals surface area contributed by atoms with Gasteiger partial charge >= 0.3 is 0 Å². The second-order valence-corrected chi connectivity index (χ2v) is 8.13. The smallest absolute Gasteiger partial charge is 0.265 e. The molecule has 3 amide bonds. The van der Waals surface area contributed by atoms with Crippen LogP contribution in [0, 0.1) is 0 Å². The molecule has 1 aromatic heterocycles. The molecule has 2 aromatic carbocycles. The fourth-order valence-electron chi connectivity index (χ4n) is 3.55. The molecule has 166 valence electrons. The van der Waals surface area contributed by atoms with Crippen LogP contribution in [-0.2, 0) is 20.9 Å². The van der Waals surface area contributed by atoms with E-state index < -0.39 is 11.8 Å². The number of thiocarbonyl (C=S) groups is 1. The van der Waals surface area contributed by atoms with Crippen LogP contribution in [-0.4, -0.2) is 38.8 Å². The van der Waals surface area contributed by atoms with Crippen molar-refractivity contribution in [3.63, 3.8) is 0 Å². The summed E-state index contributed by atoms with van der Waals surface area (Å²) in [4.78, 5) is 39.3. The largest absolute Gasteiger partial charge is 0.337 e. The van der Waals surface area contributed by atoms with Crippen molar-refractivity contribution in [3.05, 3.63) is 83.5 Å². The van der Waals surface area contributed by atoms with E-state index >= 15 is 0 Å². The lowest BCUT2D eigenvalue weighted by Gasteiger charge is -2.27. The molecule has 0 aliphatic carbocycles. The molecule has 1 saturated heterocycles. The summed E-state index contributed by atoms with van der Waals surface area (Å²) >= 11 is 11.0. The number of benzene rings is 2. The molecule has 3 aromatic rings. The molecule has 2 N–H and O–H groups in total. The Labute approximate surface area is 200 Å². The molecule has 33 heavy (non-hydrogen) atoms. The van der Waals surface area contributed by atoms with Gasteiger partial charge in [0, 0.05) is 39.9 Å². The topological polar surface area (TPSA) is 83.4 Å². The van der Waals surface area contributed by atoms with Crippen molar-refractivity contribution in [2.24, 2.45) is 0 Å². The Bertz CT molecular complexity index is 1330. The van der Waals surface area contributed by atoms with Crippen LogP contribution in [0.2, 0.25) is 5.02 Å². The minimum atomic E-state index is -0.567. The van der Waals surface area contributed by atoms with Crippen LogP contribution in [0.4, 0.5) is 5.69 Å². The molecular formula is C24H19ClN4O3S. The summed E-state index contributed by atoms with van der Waals surface area (Å²) in [6, 6.07) is 14.3. The van der Waals surface area contributed by atoms with Crippen molar-refractivity contribution < 1.29 is 14.4 Å². The number of rotatable bonds is 6. The third-order valence-corrected chi connectivity index (χ3v) is 5.63. The number of aromatic nitrogens is 1. The van der Waals surface area contributed by atoms with E-state index in [1.54, 1.807) is 35.0 Å². The van der Waals surface area contributed by atoms with Crippen molar-refractivity contribution >= 4 is 69.3 Å². The van der Waals surface area contributed by atoms with Crippen LogP contribution < -0.4 is 10.6 Å². The average molecular weight is 479 g/mol. The van der Waals surface area contributed by atoms with Gasteiger partial charge in [-0.1, -0.05) is 35.9 Å².